The van der Waals surface area contributed by atoms with Gasteiger partial charge in [-0.25, -0.2) is 0 Å². The van der Waals surface area contributed by atoms with Crippen LogP contribution in [0.3, 0.4) is 0 Å². The molecule has 0 aromatic heterocycles. The molecule has 1 aromatic carbocycles. The Morgan fingerprint density at radius 1 is 1.31 bits per heavy atom. The largest absolute Gasteiger partial charge is 0.388 e. The first-order valence-electron chi connectivity index (χ1n) is 4.54. The summed E-state index contributed by atoms with van der Waals surface area (Å²) in [4.78, 5) is 0. The summed E-state index contributed by atoms with van der Waals surface area (Å²) in [7, 11) is 0. The van der Waals surface area contributed by atoms with E-state index in [4.69, 9.17) is 11.6 Å². The Kier molecular flexibility index (Phi) is 4.26. The van der Waals surface area contributed by atoms with E-state index >= 15 is 0 Å². The van der Waals surface area contributed by atoms with Gasteiger partial charge < -0.3 is 5.11 Å². The molecule has 1 N–H and O–H groups in total. The fourth-order valence-electron chi connectivity index (χ4n) is 1.23. The van der Waals surface area contributed by atoms with E-state index in [-0.39, 0.29) is 6.10 Å². The van der Waals surface area contributed by atoms with Crippen molar-refractivity contribution >= 4 is 11.6 Å². The molecule has 1 nitrogen and oxygen atoms in total. The Labute approximate surface area is 84.4 Å². The van der Waals surface area contributed by atoms with Crippen LogP contribution < -0.4 is 0 Å². The highest BCUT2D eigenvalue weighted by atomic mass is 35.5. The summed E-state index contributed by atoms with van der Waals surface area (Å²) in [6, 6.07) is 7.96. The predicted octanol–water partition coefficient (Wildman–Crippen LogP) is 3.05. The fraction of sp³-hybridized carbons (Fsp3) is 0.455. The summed E-state index contributed by atoms with van der Waals surface area (Å²) in [6.45, 7) is 2.04. The second-order valence-electron chi connectivity index (χ2n) is 3.26. The maximum atomic E-state index is 9.68. The van der Waals surface area contributed by atoms with Crippen molar-refractivity contribution in [2.75, 3.05) is 5.88 Å². The van der Waals surface area contributed by atoms with Crippen LogP contribution in [0.1, 0.15) is 30.1 Å². The molecule has 0 spiro atoms. The zero-order valence-electron chi connectivity index (χ0n) is 7.83. The number of benzene rings is 1. The normalized spacial score (nSPS) is 12.8. The minimum Gasteiger partial charge on any atom is -0.388 e. The molecule has 2 heteroatoms. The topological polar surface area (TPSA) is 20.2 Å². The average Bonchev–Trinajstić information content (AvgIpc) is 2.15. The zero-order chi connectivity index (χ0) is 9.68. The van der Waals surface area contributed by atoms with Crippen molar-refractivity contribution < 1.29 is 5.11 Å². The van der Waals surface area contributed by atoms with E-state index in [0.717, 1.165) is 18.4 Å². The van der Waals surface area contributed by atoms with Crippen LogP contribution in [0.4, 0.5) is 0 Å². The molecular weight excluding hydrogens is 184 g/mol. The highest BCUT2D eigenvalue weighted by Gasteiger charge is 2.05. The third kappa shape index (κ3) is 3.37. The number of hydrogen-bond donors (Lipinski definition) is 1. The van der Waals surface area contributed by atoms with E-state index < -0.39 is 0 Å². The van der Waals surface area contributed by atoms with Crippen LogP contribution >= 0.6 is 11.6 Å². The van der Waals surface area contributed by atoms with Gasteiger partial charge in [-0.3, -0.25) is 0 Å². The summed E-state index contributed by atoms with van der Waals surface area (Å²) in [6.07, 6.45) is 1.24. The highest BCUT2D eigenvalue weighted by molar-refractivity contribution is 6.17. The van der Waals surface area contributed by atoms with Crippen LogP contribution in [0.5, 0.6) is 0 Å². The standard InChI is InChI=1S/C11H15ClO/c1-9-4-6-10(7-5-9)11(13)3-2-8-12/h4-7,11,13H,2-3,8H2,1H3/t11-/m1/s1. The Bertz CT molecular complexity index is 243. The maximum absolute atomic E-state index is 9.68. The lowest BCUT2D eigenvalue weighted by molar-refractivity contribution is 0.167. The number of aryl methyl sites for hydroxylation is 1. The van der Waals surface area contributed by atoms with Gasteiger partial charge >= 0.3 is 0 Å². The Hall–Kier alpha value is -0.530. The van der Waals surface area contributed by atoms with Crippen molar-refractivity contribution in [3.05, 3.63) is 35.4 Å². The number of aliphatic hydroxyl groups is 1. The van der Waals surface area contributed by atoms with E-state index in [0.29, 0.717) is 5.88 Å². The van der Waals surface area contributed by atoms with Crippen molar-refractivity contribution in [2.24, 2.45) is 0 Å². The number of hydrogen-bond acceptors (Lipinski definition) is 1. The van der Waals surface area contributed by atoms with Gasteiger partial charge in [0, 0.05) is 5.88 Å². The van der Waals surface area contributed by atoms with E-state index in [1.54, 1.807) is 0 Å². The zero-order valence-corrected chi connectivity index (χ0v) is 8.59. The number of halogens is 1. The average molecular weight is 199 g/mol. The molecule has 1 rings (SSSR count). The van der Waals surface area contributed by atoms with Crippen molar-refractivity contribution in [2.45, 2.75) is 25.9 Å². The van der Waals surface area contributed by atoms with Crippen molar-refractivity contribution in [3.8, 4) is 0 Å². The molecule has 0 saturated heterocycles. The van der Waals surface area contributed by atoms with E-state index in [1.807, 2.05) is 31.2 Å². The Morgan fingerprint density at radius 2 is 1.92 bits per heavy atom. The van der Waals surface area contributed by atoms with E-state index in [9.17, 15) is 5.11 Å². The molecule has 1 aromatic rings. The lowest BCUT2D eigenvalue weighted by Crippen LogP contribution is -1.97. The molecular formula is C11H15ClO. The molecule has 0 bridgehead atoms. The van der Waals surface area contributed by atoms with E-state index in [2.05, 4.69) is 0 Å². The maximum Gasteiger partial charge on any atom is 0.0790 e. The summed E-state index contributed by atoms with van der Waals surface area (Å²) in [5.41, 5.74) is 2.20. The Balaban J connectivity index is 2.55. The molecule has 0 aliphatic carbocycles. The van der Waals surface area contributed by atoms with Crippen LogP contribution in [-0.4, -0.2) is 11.0 Å². The molecule has 0 saturated carbocycles. The van der Waals surface area contributed by atoms with Crippen LogP contribution in [0.25, 0.3) is 0 Å². The molecule has 0 unspecified atom stereocenters. The van der Waals surface area contributed by atoms with Crippen LogP contribution in [0, 0.1) is 6.92 Å². The molecule has 72 valence electrons. The highest BCUT2D eigenvalue weighted by Crippen LogP contribution is 2.18. The number of rotatable bonds is 4. The molecule has 0 radical (unpaired) electrons. The lowest BCUT2D eigenvalue weighted by atomic mass is 10.0. The number of aliphatic hydroxyl groups excluding tert-OH is 1. The van der Waals surface area contributed by atoms with Gasteiger partial charge in [-0.1, -0.05) is 29.8 Å². The van der Waals surface area contributed by atoms with Gasteiger partial charge in [0.2, 0.25) is 0 Å². The van der Waals surface area contributed by atoms with Crippen LogP contribution in [0.2, 0.25) is 0 Å². The minimum atomic E-state index is -0.362. The molecule has 0 amide bonds. The summed E-state index contributed by atoms with van der Waals surface area (Å²) in [5, 5.41) is 9.68. The predicted molar refractivity (Wildman–Crippen MR) is 56.1 cm³/mol. The van der Waals surface area contributed by atoms with Crippen molar-refractivity contribution in [1.29, 1.82) is 0 Å². The molecule has 0 heterocycles. The van der Waals surface area contributed by atoms with Crippen molar-refractivity contribution in [3.63, 3.8) is 0 Å². The molecule has 0 fully saturated rings. The van der Waals surface area contributed by atoms with Gasteiger partial charge in [0.25, 0.3) is 0 Å². The van der Waals surface area contributed by atoms with Gasteiger partial charge in [-0.15, -0.1) is 11.6 Å². The van der Waals surface area contributed by atoms with Gasteiger partial charge in [0.15, 0.2) is 0 Å². The van der Waals surface area contributed by atoms with Gasteiger partial charge in [0.05, 0.1) is 6.10 Å². The second kappa shape index (κ2) is 5.25. The summed E-state index contributed by atoms with van der Waals surface area (Å²) < 4.78 is 0. The first kappa shape index (κ1) is 10.6. The van der Waals surface area contributed by atoms with Gasteiger partial charge in [-0.05, 0) is 25.3 Å². The molecule has 1 atom stereocenters. The van der Waals surface area contributed by atoms with E-state index in [1.165, 1.54) is 5.56 Å². The third-order valence-corrected chi connectivity index (χ3v) is 2.34. The summed E-state index contributed by atoms with van der Waals surface area (Å²) >= 11 is 5.55. The van der Waals surface area contributed by atoms with Crippen LogP contribution in [-0.2, 0) is 0 Å². The van der Waals surface area contributed by atoms with Gasteiger partial charge in [0.1, 0.15) is 0 Å². The van der Waals surface area contributed by atoms with Crippen LogP contribution in [0.15, 0.2) is 24.3 Å². The summed E-state index contributed by atoms with van der Waals surface area (Å²) in [5.74, 6) is 0.614. The number of alkyl halides is 1. The lowest BCUT2D eigenvalue weighted by Gasteiger charge is -2.09. The fourth-order valence-corrected chi connectivity index (χ4v) is 1.38. The van der Waals surface area contributed by atoms with Crippen molar-refractivity contribution in [1.82, 2.24) is 0 Å². The first-order valence-corrected chi connectivity index (χ1v) is 5.08. The quantitative estimate of drug-likeness (QED) is 0.738. The smallest absolute Gasteiger partial charge is 0.0790 e. The minimum absolute atomic E-state index is 0.362. The molecule has 0 aliphatic heterocycles. The Morgan fingerprint density at radius 3 is 2.46 bits per heavy atom. The first-order chi connectivity index (χ1) is 6.24. The molecule has 0 aliphatic rings. The monoisotopic (exact) mass is 198 g/mol. The second-order valence-corrected chi connectivity index (χ2v) is 3.64. The molecule has 13 heavy (non-hydrogen) atoms. The third-order valence-electron chi connectivity index (χ3n) is 2.07. The SMILES string of the molecule is Cc1ccc([C@H](O)CCCCl)cc1. The van der Waals surface area contributed by atoms with Gasteiger partial charge in [-0.2, -0.15) is 0 Å².